The number of nitrogens with one attached hydrogen (secondary N) is 1. The van der Waals surface area contributed by atoms with Gasteiger partial charge in [-0.1, -0.05) is 19.1 Å². The van der Waals surface area contributed by atoms with E-state index in [2.05, 4.69) is 12.2 Å². The summed E-state index contributed by atoms with van der Waals surface area (Å²) in [6.45, 7) is 5.64. The Morgan fingerprint density at radius 3 is 2.65 bits per heavy atom. The molecular formula is C16H24N2O2. The summed E-state index contributed by atoms with van der Waals surface area (Å²) in [6, 6.07) is 7.32. The van der Waals surface area contributed by atoms with Crippen molar-refractivity contribution in [3.63, 3.8) is 0 Å². The fourth-order valence-corrected chi connectivity index (χ4v) is 2.51. The molecule has 0 aromatic heterocycles. The number of carbonyl (C=O) groups is 1. The van der Waals surface area contributed by atoms with Crippen molar-refractivity contribution in [1.82, 2.24) is 4.90 Å². The Balaban J connectivity index is 1.93. The lowest BCUT2D eigenvalue weighted by Gasteiger charge is -2.21. The average Bonchev–Trinajstić information content (AvgIpc) is 2.64. The number of benzene rings is 1. The summed E-state index contributed by atoms with van der Waals surface area (Å²) >= 11 is 0. The quantitative estimate of drug-likeness (QED) is 0.870. The third-order valence-electron chi connectivity index (χ3n) is 3.95. The van der Waals surface area contributed by atoms with Gasteiger partial charge in [0.05, 0.1) is 6.10 Å². The molecule has 1 heterocycles. The Hall–Kier alpha value is -1.55. The van der Waals surface area contributed by atoms with Gasteiger partial charge < -0.3 is 15.3 Å². The molecule has 0 bridgehead atoms. The average molecular weight is 276 g/mol. The molecule has 2 unspecified atom stereocenters. The van der Waals surface area contributed by atoms with Gasteiger partial charge in [-0.05, 0) is 49.8 Å². The topological polar surface area (TPSA) is 52.6 Å². The van der Waals surface area contributed by atoms with E-state index in [1.165, 1.54) is 6.42 Å². The normalized spacial score (nSPS) is 21.1. The Morgan fingerprint density at radius 1 is 1.30 bits per heavy atom. The monoisotopic (exact) mass is 276 g/mol. The van der Waals surface area contributed by atoms with Crippen molar-refractivity contribution in [3.05, 3.63) is 29.8 Å². The third-order valence-corrected chi connectivity index (χ3v) is 3.95. The zero-order valence-corrected chi connectivity index (χ0v) is 12.3. The summed E-state index contributed by atoms with van der Waals surface area (Å²) in [7, 11) is 0. The molecule has 4 heteroatoms. The molecule has 2 atom stereocenters. The van der Waals surface area contributed by atoms with Crippen molar-refractivity contribution in [2.24, 2.45) is 5.92 Å². The van der Waals surface area contributed by atoms with E-state index in [0.29, 0.717) is 5.92 Å². The molecule has 2 N–H and O–H groups in total. The van der Waals surface area contributed by atoms with Crippen molar-refractivity contribution in [1.29, 1.82) is 0 Å². The Morgan fingerprint density at radius 2 is 2.00 bits per heavy atom. The second-order valence-electron chi connectivity index (χ2n) is 5.75. The van der Waals surface area contributed by atoms with Crippen molar-refractivity contribution < 1.29 is 9.90 Å². The number of likely N-dealkylation sites (tertiary alicyclic amines) is 1. The predicted molar refractivity (Wildman–Crippen MR) is 80.7 cm³/mol. The molecule has 4 nitrogen and oxygen atoms in total. The summed E-state index contributed by atoms with van der Waals surface area (Å²) < 4.78 is 0. The molecule has 1 aromatic carbocycles. The number of anilines is 1. The maximum atomic E-state index is 12.2. The summed E-state index contributed by atoms with van der Waals surface area (Å²) in [5.74, 6) is 0.707. The van der Waals surface area contributed by atoms with Crippen LogP contribution in [0, 0.1) is 5.92 Å². The van der Waals surface area contributed by atoms with E-state index >= 15 is 0 Å². The van der Waals surface area contributed by atoms with E-state index in [-0.39, 0.29) is 6.03 Å². The lowest BCUT2D eigenvalue weighted by Crippen LogP contribution is -2.35. The number of carbonyl (C=O) groups excluding carboxylic acids is 1. The fourth-order valence-electron chi connectivity index (χ4n) is 2.51. The summed E-state index contributed by atoms with van der Waals surface area (Å²) in [6.07, 6.45) is 2.88. The molecule has 0 saturated carbocycles. The van der Waals surface area contributed by atoms with Crippen molar-refractivity contribution >= 4 is 11.7 Å². The highest BCUT2D eigenvalue weighted by molar-refractivity contribution is 5.89. The van der Waals surface area contributed by atoms with Gasteiger partial charge in [0.2, 0.25) is 0 Å². The predicted octanol–water partition coefficient (Wildman–Crippen LogP) is 3.39. The summed E-state index contributed by atoms with van der Waals surface area (Å²) in [5.41, 5.74) is 1.63. The molecule has 20 heavy (non-hydrogen) atoms. The minimum atomic E-state index is -0.480. The maximum absolute atomic E-state index is 12.2. The van der Waals surface area contributed by atoms with Gasteiger partial charge in [-0.2, -0.15) is 0 Å². The van der Waals surface area contributed by atoms with Crippen LogP contribution in [0.25, 0.3) is 0 Å². The Labute approximate surface area is 120 Å². The van der Waals surface area contributed by atoms with E-state index in [1.54, 1.807) is 6.92 Å². The molecule has 1 fully saturated rings. The van der Waals surface area contributed by atoms with Crippen LogP contribution in [0.5, 0.6) is 0 Å². The van der Waals surface area contributed by atoms with Crippen molar-refractivity contribution in [2.45, 2.75) is 39.2 Å². The van der Waals surface area contributed by atoms with Gasteiger partial charge in [0.25, 0.3) is 0 Å². The van der Waals surface area contributed by atoms with Crippen LogP contribution in [0.15, 0.2) is 24.3 Å². The number of aliphatic hydroxyl groups is 1. The lowest BCUT2D eigenvalue weighted by molar-refractivity contribution is 0.199. The van der Waals surface area contributed by atoms with Crippen LogP contribution < -0.4 is 5.32 Å². The van der Waals surface area contributed by atoms with Crippen LogP contribution in [0.3, 0.4) is 0 Å². The zero-order valence-electron chi connectivity index (χ0n) is 12.3. The molecule has 0 spiro atoms. The van der Waals surface area contributed by atoms with Crippen LogP contribution in [-0.4, -0.2) is 29.1 Å². The number of amides is 2. The number of aliphatic hydroxyl groups excluding tert-OH is 1. The zero-order chi connectivity index (χ0) is 14.5. The Kier molecular flexibility index (Phi) is 5.01. The van der Waals surface area contributed by atoms with E-state index < -0.39 is 6.10 Å². The first-order valence-corrected chi connectivity index (χ1v) is 7.40. The number of hydrogen-bond donors (Lipinski definition) is 2. The first-order valence-electron chi connectivity index (χ1n) is 7.40. The van der Waals surface area contributed by atoms with Gasteiger partial charge in [-0.3, -0.25) is 0 Å². The number of rotatable bonds is 2. The maximum Gasteiger partial charge on any atom is 0.321 e. The van der Waals surface area contributed by atoms with Gasteiger partial charge in [0, 0.05) is 18.8 Å². The van der Waals surface area contributed by atoms with Gasteiger partial charge in [0.15, 0.2) is 0 Å². The number of hydrogen-bond acceptors (Lipinski definition) is 2. The van der Waals surface area contributed by atoms with Gasteiger partial charge in [-0.25, -0.2) is 4.79 Å². The van der Waals surface area contributed by atoms with E-state index in [9.17, 15) is 9.90 Å². The minimum absolute atomic E-state index is 0.0242. The Bertz CT molecular complexity index is 442. The first-order chi connectivity index (χ1) is 9.56. The SMILES string of the molecule is CC1CCCN(C(=O)Nc2ccc(C(C)O)cc2)CC1. The highest BCUT2D eigenvalue weighted by Crippen LogP contribution is 2.19. The van der Waals surface area contributed by atoms with Crippen LogP contribution in [0.2, 0.25) is 0 Å². The first kappa shape index (κ1) is 14.9. The molecule has 110 valence electrons. The van der Waals surface area contributed by atoms with Crippen LogP contribution in [0.4, 0.5) is 10.5 Å². The van der Waals surface area contributed by atoms with E-state index in [4.69, 9.17) is 0 Å². The second-order valence-corrected chi connectivity index (χ2v) is 5.75. The smallest absolute Gasteiger partial charge is 0.321 e. The molecule has 1 saturated heterocycles. The molecule has 2 amide bonds. The standard InChI is InChI=1S/C16H24N2O2/c1-12-4-3-10-18(11-9-12)16(20)17-15-7-5-14(6-8-15)13(2)19/h5-8,12-13,19H,3-4,9-11H2,1-2H3,(H,17,20). The van der Waals surface area contributed by atoms with Crippen molar-refractivity contribution in [3.8, 4) is 0 Å². The van der Waals surface area contributed by atoms with Gasteiger partial charge >= 0.3 is 6.03 Å². The van der Waals surface area contributed by atoms with Crippen molar-refractivity contribution in [2.75, 3.05) is 18.4 Å². The largest absolute Gasteiger partial charge is 0.389 e. The summed E-state index contributed by atoms with van der Waals surface area (Å²) in [5, 5.41) is 12.4. The highest BCUT2D eigenvalue weighted by Gasteiger charge is 2.18. The number of urea groups is 1. The minimum Gasteiger partial charge on any atom is -0.389 e. The molecule has 0 aliphatic carbocycles. The van der Waals surface area contributed by atoms with Crippen LogP contribution >= 0.6 is 0 Å². The molecule has 1 aromatic rings. The number of nitrogens with zero attached hydrogens (tertiary/aromatic N) is 1. The van der Waals surface area contributed by atoms with E-state index in [1.807, 2.05) is 29.2 Å². The van der Waals surface area contributed by atoms with Gasteiger partial charge in [0.1, 0.15) is 0 Å². The summed E-state index contributed by atoms with van der Waals surface area (Å²) in [4.78, 5) is 14.1. The fraction of sp³-hybridized carbons (Fsp3) is 0.562. The van der Waals surface area contributed by atoms with Gasteiger partial charge in [-0.15, -0.1) is 0 Å². The van der Waals surface area contributed by atoms with Crippen LogP contribution in [-0.2, 0) is 0 Å². The molecule has 1 aliphatic heterocycles. The third kappa shape index (κ3) is 3.97. The van der Waals surface area contributed by atoms with Crippen LogP contribution in [0.1, 0.15) is 44.8 Å². The molecule has 0 radical (unpaired) electrons. The lowest BCUT2D eigenvalue weighted by atomic mass is 10.0. The molecular weight excluding hydrogens is 252 g/mol. The molecule has 1 aliphatic rings. The van der Waals surface area contributed by atoms with E-state index in [0.717, 1.165) is 37.2 Å². The molecule has 2 rings (SSSR count). The highest BCUT2D eigenvalue weighted by atomic mass is 16.3. The second kappa shape index (κ2) is 6.75.